The van der Waals surface area contributed by atoms with Gasteiger partial charge in [-0.2, -0.15) is 13.2 Å². The lowest BCUT2D eigenvalue weighted by Crippen LogP contribution is -2.47. The average Bonchev–Trinajstić information content (AvgIpc) is 2.17. The van der Waals surface area contributed by atoms with Crippen molar-refractivity contribution in [3.63, 3.8) is 0 Å². The van der Waals surface area contributed by atoms with E-state index in [-0.39, 0.29) is 30.7 Å². The van der Waals surface area contributed by atoms with Crippen molar-refractivity contribution in [1.29, 1.82) is 0 Å². The van der Waals surface area contributed by atoms with Gasteiger partial charge in [0.25, 0.3) is 0 Å². The molecular weight excluding hydrogens is 217 g/mol. The minimum Gasteiger partial charge on any atom is -0.271 e. The Bertz CT molecular complexity index is 216. The van der Waals surface area contributed by atoms with Crippen molar-refractivity contribution in [1.82, 2.24) is 5.43 Å². The van der Waals surface area contributed by atoms with E-state index in [4.69, 9.17) is 5.84 Å². The number of hydrogen-bond donors (Lipinski definition) is 2. The molecule has 0 aromatic rings. The first-order valence-corrected chi connectivity index (χ1v) is 5.89. The number of hydrazine groups is 1. The zero-order valence-corrected chi connectivity index (χ0v) is 9.85. The topological polar surface area (TPSA) is 38.0 Å². The van der Waals surface area contributed by atoms with Gasteiger partial charge in [-0.3, -0.25) is 11.3 Å². The van der Waals surface area contributed by atoms with Crippen LogP contribution in [0.4, 0.5) is 13.2 Å². The van der Waals surface area contributed by atoms with Gasteiger partial charge in [-0.05, 0) is 31.1 Å². The van der Waals surface area contributed by atoms with E-state index in [9.17, 15) is 13.2 Å². The lowest BCUT2D eigenvalue weighted by atomic mass is 9.75. The molecule has 3 atom stereocenters. The van der Waals surface area contributed by atoms with Gasteiger partial charge >= 0.3 is 6.18 Å². The minimum atomic E-state index is -4.05. The largest absolute Gasteiger partial charge is 0.391 e. The fourth-order valence-electron chi connectivity index (χ4n) is 2.72. The number of hydrogen-bond acceptors (Lipinski definition) is 2. The van der Waals surface area contributed by atoms with Crippen molar-refractivity contribution in [2.45, 2.75) is 51.7 Å². The summed E-state index contributed by atoms with van der Waals surface area (Å²) in [7, 11) is 0. The molecule has 2 nitrogen and oxygen atoms in total. The van der Waals surface area contributed by atoms with Gasteiger partial charge in [-0.25, -0.2) is 0 Å². The Hall–Kier alpha value is -0.290. The van der Waals surface area contributed by atoms with E-state index in [0.717, 1.165) is 6.42 Å². The van der Waals surface area contributed by atoms with Gasteiger partial charge in [-0.15, -0.1) is 0 Å². The second kappa shape index (κ2) is 5.36. The van der Waals surface area contributed by atoms with E-state index in [2.05, 4.69) is 5.43 Å². The summed E-state index contributed by atoms with van der Waals surface area (Å²) in [5.41, 5.74) is 2.68. The summed E-state index contributed by atoms with van der Waals surface area (Å²) in [6.45, 7) is 3.98. The van der Waals surface area contributed by atoms with E-state index < -0.39 is 12.1 Å². The molecule has 96 valence electrons. The lowest BCUT2D eigenvalue weighted by molar-refractivity contribution is -0.187. The Labute approximate surface area is 94.7 Å². The van der Waals surface area contributed by atoms with Crippen LogP contribution in [0, 0.1) is 17.8 Å². The molecule has 0 aromatic heterocycles. The molecule has 0 aliphatic heterocycles. The van der Waals surface area contributed by atoms with E-state index >= 15 is 0 Å². The van der Waals surface area contributed by atoms with Gasteiger partial charge in [0.2, 0.25) is 0 Å². The highest BCUT2D eigenvalue weighted by molar-refractivity contribution is 4.85. The van der Waals surface area contributed by atoms with Crippen LogP contribution in [0.2, 0.25) is 0 Å². The Morgan fingerprint density at radius 3 is 2.31 bits per heavy atom. The third-order valence-electron chi connectivity index (χ3n) is 3.60. The summed E-state index contributed by atoms with van der Waals surface area (Å²) in [6, 6.07) is -0.00912. The molecule has 16 heavy (non-hydrogen) atoms. The molecule has 5 heteroatoms. The summed E-state index contributed by atoms with van der Waals surface area (Å²) in [5.74, 6) is 4.60. The normalized spacial score (nSPS) is 29.4. The number of alkyl halides is 3. The predicted octanol–water partition coefficient (Wildman–Crippen LogP) is 2.84. The third kappa shape index (κ3) is 3.35. The Kier molecular flexibility index (Phi) is 4.62. The number of rotatable bonds is 3. The monoisotopic (exact) mass is 238 g/mol. The van der Waals surface area contributed by atoms with Gasteiger partial charge < -0.3 is 0 Å². The number of halogens is 3. The lowest BCUT2D eigenvalue weighted by Gasteiger charge is -2.36. The number of nitrogens with two attached hydrogens (primary N) is 1. The highest BCUT2D eigenvalue weighted by Gasteiger charge is 2.43. The van der Waals surface area contributed by atoms with Gasteiger partial charge in [0, 0.05) is 6.04 Å². The summed E-state index contributed by atoms with van der Waals surface area (Å²) >= 11 is 0. The molecule has 0 radical (unpaired) electrons. The maximum absolute atomic E-state index is 12.6. The molecular formula is C11H21F3N2. The van der Waals surface area contributed by atoms with Gasteiger partial charge in [0.15, 0.2) is 0 Å². The quantitative estimate of drug-likeness (QED) is 0.586. The van der Waals surface area contributed by atoms with Crippen LogP contribution >= 0.6 is 0 Å². The van der Waals surface area contributed by atoms with Gasteiger partial charge in [0.05, 0.1) is 5.92 Å². The van der Waals surface area contributed by atoms with Crippen molar-refractivity contribution in [2.24, 2.45) is 23.6 Å². The summed E-state index contributed by atoms with van der Waals surface area (Å²) in [5, 5.41) is 0. The second-order valence-electron chi connectivity index (χ2n) is 5.10. The van der Waals surface area contributed by atoms with E-state index in [1.54, 1.807) is 0 Å². The van der Waals surface area contributed by atoms with Crippen LogP contribution < -0.4 is 11.3 Å². The van der Waals surface area contributed by atoms with Crippen LogP contribution in [0.5, 0.6) is 0 Å². The minimum absolute atomic E-state index is 0.00912. The van der Waals surface area contributed by atoms with E-state index in [0.29, 0.717) is 6.42 Å². The zero-order chi connectivity index (χ0) is 12.3. The van der Waals surface area contributed by atoms with Crippen molar-refractivity contribution in [2.75, 3.05) is 0 Å². The molecule has 1 aliphatic carbocycles. The van der Waals surface area contributed by atoms with Crippen molar-refractivity contribution < 1.29 is 13.2 Å². The zero-order valence-electron chi connectivity index (χ0n) is 9.85. The number of nitrogens with one attached hydrogen (secondary N) is 1. The van der Waals surface area contributed by atoms with Gasteiger partial charge in [0.1, 0.15) is 0 Å². The van der Waals surface area contributed by atoms with Crippen LogP contribution in [0.3, 0.4) is 0 Å². The molecule has 3 unspecified atom stereocenters. The van der Waals surface area contributed by atoms with E-state index in [1.807, 2.05) is 13.8 Å². The molecule has 0 heterocycles. The maximum atomic E-state index is 12.6. The molecule has 0 saturated heterocycles. The van der Waals surface area contributed by atoms with Crippen LogP contribution in [0.25, 0.3) is 0 Å². The first kappa shape index (κ1) is 13.8. The van der Waals surface area contributed by atoms with Crippen molar-refractivity contribution >= 4 is 0 Å². The third-order valence-corrected chi connectivity index (χ3v) is 3.60. The molecule has 1 saturated carbocycles. The Morgan fingerprint density at radius 2 is 1.88 bits per heavy atom. The standard InChI is InChI=1S/C11H21F3N2/c1-7(2)10(16-15)8-4-3-5-9(6-8)11(12,13)14/h7-10,16H,3-6,15H2,1-2H3. The average molecular weight is 238 g/mol. The van der Waals surface area contributed by atoms with Gasteiger partial charge in [-0.1, -0.05) is 20.3 Å². The second-order valence-corrected chi connectivity index (χ2v) is 5.10. The summed E-state index contributed by atoms with van der Waals surface area (Å²) < 4.78 is 37.9. The molecule has 1 fully saturated rings. The Balaban J connectivity index is 2.62. The smallest absolute Gasteiger partial charge is 0.271 e. The summed E-state index contributed by atoms with van der Waals surface area (Å²) in [6.07, 6.45) is -2.06. The first-order chi connectivity index (χ1) is 7.36. The molecule has 0 bridgehead atoms. The van der Waals surface area contributed by atoms with Crippen LogP contribution in [0.1, 0.15) is 39.5 Å². The molecule has 3 N–H and O–H groups in total. The SMILES string of the molecule is CC(C)C(NN)C1CCCC(C(F)(F)F)C1. The fourth-order valence-corrected chi connectivity index (χ4v) is 2.72. The highest BCUT2D eigenvalue weighted by Crippen LogP contribution is 2.41. The van der Waals surface area contributed by atoms with Crippen LogP contribution in [0.15, 0.2) is 0 Å². The van der Waals surface area contributed by atoms with E-state index in [1.165, 1.54) is 0 Å². The van der Waals surface area contributed by atoms with Crippen LogP contribution in [-0.2, 0) is 0 Å². The molecule has 1 aliphatic rings. The molecule has 0 aromatic carbocycles. The fraction of sp³-hybridized carbons (Fsp3) is 1.00. The van der Waals surface area contributed by atoms with Crippen LogP contribution in [-0.4, -0.2) is 12.2 Å². The van der Waals surface area contributed by atoms with Crippen molar-refractivity contribution in [3.8, 4) is 0 Å². The maximum Gasteiger partial charge on any atom is 0.391 e. The molecule has 0 amide bonds. The summed E-state index contributed by atoms with van der Waals surface area (Å²) in [4.78, 5) is 0. The predicted molar refractivity (Wildman–Crippen MR) is 57.5 cm³/mol. The highest BCUT2D eigenvalue weighted by atomic mass is 19.4. The Morgan fingerprint density at radius 1 is 1.25 bits per heavy atom. The molecule has 0 spiro atoms. The first-order valence-electron chi connectivity index (χ1n) is 5.89. The van der Waals surface area contributed by atoms with Crippen molar-refractivity contribution in [3.05, 3.63) is 0 Å². The molecule has 1 rings (SSSR count).